The minimum absolute atomic E-state index is 0.275. The molecule has 0 atom stereocenters. The maximum Gasteiger partial charge on any atom is 0.339 e. The molecule has 2 aromatic heterocycles. The van der Waals surface area contributed by atoms with E-state index in [9.17, 15) is 9.90 Å². The Balaban J connectivity index is 2.32. The third kappa shape index (κ3) is 2.51. The Labute approximate surface area is 110 Å². The molecule has 0 aliphatic heterocycles. The summed E-state index contributed by atoms with van der Waals surface area (Å²) in [5.74, 6) is -0.426. The molecular weight excluding hydrogens is 248 g/mol. The first kappa shape index (κ1) is 12.6. The number of nitrogens with zero attached hydrogens (tertiary/aromatic N) is 2. The van der Waals surface area contributed by atoms with E-state index in [1.165, 1.54) is 4.88 Å². The molecule has 0 aliphatic carbocycles. The number of hydrogen-bond acceptors (Lipinski definition) is 4. The van der Waals surface area contributed by atoms with Crippen LogP contribution in [0.3, 0.4) is 0 Å². The van der Waals surface area contributed by atoms with E-state index in [1.807, 2.05) is 29.5 Å². The molecule has 2 heterocycles. The second kappa shape index (κ2) is 5.18. The van der Waals surface area contributed by atoms with E-state index in [1.54, 1.807) is 30.5 Å². The topological polar surface area (TPSA) is 53.4 Å². The lowest BCUT2D eigenvalue weighted by atomic mass is 10.1. The normalized spacial score (nSPS) is 10.3. The van der Waals surface area contributed by atoms with Crippen molar-refractivity contribution in [1.29, 1.82) is 0 Å². The summed E-state index contributed by atoms with van der Waals surface area (Å²) in [7, 11) is 1.86. The summed E-state index contributed by atoms with van der Waals surface area (Å²) in [5.41, 5.74) is 1.00. The Morgan fingerprint density at radius 3 is 2.89 bits per heavy atom. The molecule has 1 N–H and O–H groups in total. The van der Waals surface area contributed by atoms with Gasteiger partial charge in [-0.15, -0.1) is 11.3 Å². The molecule has 2 aromatic rings. The van der Waals surface area contributed by atoms with Gasteiger partial charge in [0.2, 0.25) is 0 Å². The third-order valence-electron chi connectivity index (χ3n) is 2.69. The highest BCUT2D eigenvalue weighted by Crippen LogP contribution is 2.22. The number of aromatic carboxylic acids is 1. The number of pyridine rings is 1. The Morgan fingerprint density at radius 2 is 2.28 bits per heavy atom. The summed E-state index contributed by atoms with van der Waals surface area (Å²) >= 11 is 1.65. The second-order valence-corrected chi connectivity index (χ2v) is 5.10. The van der Waals surface area contributed by atoms with Gasteiger partial charge in [0.05, 0.1) is 6.54 Å². The molecular formula is C13H14N2O2S. The van der Waals surface area contributed by atoms with Crippen LogP contribution >= 0.6 is 11.3 Å². The van der Waals surface area contributed by atoms with Crippen molar-refractivity contribution >= 4 is 23.1 Å². The van der Waals surface area contributed by atoms with Crippen LogP contribution in [0.2, 0.25) is 0 Å². The van der Waals surface area contributed by atoms with Gasteiger partial charge in [-0.3, -0.25) is 0 Å². The summed E-state index contributed by atoms with van der Waals surface area (Å²) in [6.45, 7) is 2.45. The number of rotatable bonds is 4. The van der Waals surface area contributed by atoms with Gasteiger partial charge in [-0.05, 0) is 30.0 Å². The van der Waals surface area contributed by atoms with Crippen LogP contribution in [0.4, 0.5) is 5.82 Å². The fraction of sp³-hybridized carbons (Fsp3) is 0.231. The average molecular weight is 262 g/mol. The van der Waals surface area contributed by atoms with Crippen molar-refractivity contribution < 1.29 is 9.90 Å². The number of anilines is 1. The van der Waals surface area contributed by atoms with Crippen molar-refractivity contribution in [1.82, 2.24) is 4.98 Å². The summed E-state index contributed by atoms with van der Waals surface area (Å²) in [6.07, 6.45) is 1.64. The van der Waals surface area contributed by atoms with Gasteiger partial charge in [-0.1, -0.05) is 6.07 Å². The zero-order valence-corrected chi connectivity index (χ0v) is 11.1. The molecule has 0 amide bonds. The lowest BCUT2D eigenvalue weighted by Crippen LogP contribution is -2.21. The molecule has 0 radical (unpaired) electrons. The van der Waals surface area contributed by atoms with E-state index in [0.717, 1.165) is 5.56 Å². The van der Waals surface area contributed by atoms with E-state index in [4.69, 9.17) is 0 Å². The minimum atomic E-state index is -0.936. The highest BCUT2D eigenvalue weighted by Gasteiger charge is 2.17. The van der Waals surface area contributed by atoms with Crippen molar-refractivity contribution in [3.63, 3.8) is 0 Å². The third-order valence-corrected chi connectivity index (χ3v) is 3.55. The quantitative estimate of drug-likeness (QED) is 0.920. The highest BCUT2D eigenvalue weighted by molar-refractivity contribution is 7.09. The lowest BCUT2D eigenvalue weighted by molar-refractivity contribution is 0.0696. The largest absolute Gasteiger partial charge is 0.478 e. The highest BCUT2D eigenvalue weighted by atomic mass is 32.1. The molecule has 0 fully saturated rings. The molecule has 0 bridgehead atoms. The van der Waals surface area contributed by atoms with Crippen LogP contribution in [0.5, 0.6) is 0 Å². The smallest absolute Gasteiger partial charge is 0.339 e. The SMILES string of the molecule is Cc1ccnc(N(C)Cc2cccs2)c1C(=O)O. The van der Waals surface area contributed by atoms with Gasteiger partial charge in [0.15, 0.2) is 0 Å². The molecule has 0 aliphatic rings. The van der Waals surface area contributed by atoms with Crippen molar-refractivity contribution in [3.8, 4) is 0 Å². The van der Waals surface area contributed by atoms with Gasteiger partial charge in [0, 0.05) is 18.1 Å². The molecule has 94 valence electrons. The van der Waals surface area contributed by atoms with E-state index in [2.05, 4.69) is 4.98 Å². The van der Waals surface area contributed by atoms with Gasteiger partial charge >= 0.3 is 5.97 Å². The summed E-state index contributed by atoms with van der Waals surface area (Å²) in [4.78, 5) is 18.5. The van der Waals surface area contributed by atoms with Gasteiger partial charge in [0.25, 0.3) is 0 Å². The number of hydrogen-bond donors (Lipinski definition) is 1. The predicted molar refractivity (Wildman–Crippen MR) is 72.4 cm³/mol. The number of carboxylic acids is 1. The van der Waals surface area contributed by atoms with E-state index >= 15 is 0 Å². The van der Waals surface area contributed by atoms with Crippen LogP contribution in [0.15, 0.2) is 29.8 Å². The Morgan fingerprint density at radius 1 is 1.50 bits per heavy atom. The van der Waals surface area contributed by atoms with Crippen molar-refractivity contribution in [2.45, 2.75) is 13.5 Å². The fourth-order valence-electron chi connectivity index (χ4n) is 1.81. The molecule has 5 heteroatoms. The molecule has 0 saturated carbocycles. The minimum Gasteiger partial charge on any atom is -0.478 e. The first-order valence-electron chi connectivity index (χ1n) is 5.52. The zero-order chi connectivity index (χ0) is 13.1. The van der Waals surface area contributed by atoms with Gasteiger partial charge in [-0.2, -0.15) is 0 Å². The van der Waals surface area contributed by atoms with Crippen LogP contribution in [0, 0.1) is 6.92 Å². The Hall–Kier alpha value is -1.88. The lowest BCUT2D eigenvalue weighted by Gasteiger charge is -2.20. The number of thiophene rings is 1. The van der Waals surface area contributed by atoms with Crippen LogP contribution in [-0.2, 0) is 6.54 Å². The maximum absolute atomic E-state index is 11.3. The molecule has 0 spiro atoms. The van der Waals surface area contributed by atoms with E-state index in [0.29, 0.717) is 12.4 Å². The van der Waals surface area contributed by atoms with Gasteiger partial charge in [-0.25, -0.2) is 9.78 Å². The van der Waals surface area contributed by atoms with Gasteiger partial charge in [0.1, 0.15) is 11.4 Å². The van der Waals surface area contributed by atoms with Crippen LogP contribution in [0.1, 0.15) is 20.8 Å². The monoisotopic (exact) mass is 262 g/mol. The van der Waals surface area contributed by atoms with E-state index in [-0.39, 0.29) is 5.56 Å². The number of carboxylic acid groups (broad SMARTS) is 1. The molecule has 0 unspecified atom stereocenters. The standard InChI is InChI=1S/C13H14N2O2S/c1-9-5-6-14-12(11(9)13(16)17)15(2)8-10-4-3-7-18-10/h3-7H,8H2,1-2H3,(H,16,17). The second-order valence-electron chi connectivity index (χ2n) is 4.07. The number of carbonyl (C=O) groups is 1. The zero-order valence-electron chi connectivity index (χ0n) is 10.3. The fourth-order valence-corrected chi connectivity index (χ4v) is 2.57. The molecule has 18 heavy (non-hydrogen) atoms. The summed E-state index contributed by atoms with van der Waals surface area (Å²) in [6, 6.07) is 5.72. The molecule has 0 aromatic carbocycles. The summed E-state index contributed by atoms with van der Waals surface area (Å²) in [5, 5.41) is 11.3. The first-order chi connectivity index (χ1) is 8.59. The van der Waals surface area contributed by atoms with Crippen LogP contribution in [0.25, 0.3) is 0 Å². The maximum atomic E-state index is 11.3. The van der Waals surface area contributed by atoms with Crippen molar-refractivity contribution in [2.24, 2.45) is 0 Å². The predicted octanol–water partition coefficient (Wildman–Crippen LogP) is 2.79. The number of aryl methyl sites for hydroxylation is 1. The van der Waals surface area contributed by atoms with E-state index < -0.39 is 5.97 Å². The molecule has 4 nitrogen and oxygen atoms in total. The van der Waals surface area contributed by atoms with Crippen LogP contribution < -0.4 is 4.90 Å². The average Bonchev–Trinajstić information content (AvgIpc) is 2.80. The van der Waals surface area contributed by atoms with Crippen molar-refractivity contribution in [2.75, 3.05) is 11.9 Å². The first-order valence-corrected chi connectivity index (χ1v) is 6.40. The Kier molecular flexibility index (Phi) is 3.62. The Bertz CT molecular complexity index is 552. The molecule has 2 rings (SSSR count). The number of aromatic nitrogens is 1. The van der Waals surface area contributed by atoms with Crippen molar-refractivity contribution in [3.05, 3.63) is 45.8 Å². The van der Waals surface area contributed by atoms with Gasteiger partial charge < -0.3 is 10.0 Å². The van der Waals surface area contributed by atoms with Crippen LogP contribution in [-0.4, -0.2) is 23.1 Å². The summed E-state index contributed by atoms with van der Waals surface area (Å²) < 4.78 is 0. The molecule has 0 saturated heterocycles.